The molecule has 1 heterocycles. The molecule has 16 heavy (non-hydrogen) atoms. The Labute approximate surface area is 95.2 Å². The van der Waals surface area contributed by atoms with Crippen LogP contribution in [0.2, 0.25) is 0 Å². The van der Waals surface area contributed by atoms with E-state index in [4.69, 9.17) is 0 Å². The molecule has 1 aromatic heterocycles. The predicted octanol–water partition coefficient (Wildman–Crippen LogP) is 2.51. The van der Waals surface area contributed by atoms with E-state index in [2.05, 4.69) is 32.0 Å². The van der Waals surface area contributed by atoms with Gasteiger partial charge in [0.05, 0.1) is 6.54 Å². The summed E-state index contributed by atoms with van der Waals surface area (Å²) in [6.45, 7) is 4.78. The third-order valence-corrected chi connectivity index (χ3v) is 2.74. The van der Waals surface area contributed by atoms with Crippen molar-refractivity contribution in [3.63, 3.8) is 0 Å². The van der Waals surface area contributed by atoms with Gasteiger partial charge in [0.2, 0.25) is 0 Å². The molecule has 2 heteroatoms. The highest BCUT2D eigenvalue weighted by atomic mass is 16.1. The van der Waals surface area contributed by atoms with Gasteiger partial charge in [0.15, 0.2) is 0 Å². The minimum Gasteiger partial charge on any atom is -0.311 e. The second-order valence-electron chi connectivity index (χ2n) is 4.10. The standard InChI is InChI=1S/C14H15NO/c1-11-6-7-12(2)13(9-11)10-15-8-4-3-5-14(15)16/h3-9H,10H2,1-2H3. The Hall–Kier alpha value is -1.83. The number of hydrogen-bond acceptors (Lipinski definition) is 1. The molecule has 0 saturated heterocycles. The van der Waals surface area contributed by atoms with Crippen molar-refractivity contribution in [3.8, 4) is 0 Å². The van der Waals surface area contributed by atoms with E-state index in [0.717, 1.165) is 0 Å². The first-order valence-electron chi connectivity index (χ1n) is 5.38. The normalized spacial score (nSPS) is 10.4. The molecule has 2 rings (SSSR count). The molecule has 0 fully saturated rings. The van der Waals surface area contributed by atoms with E-state index in [0.29, 0.717) is 6.54 Å². The third kappa shape index (κ3) is 2.22. The number of nitrogens with zero attached hydrogens (tertiary/aromatic N) is 1. The van der Waals surface area contributed by atoms with Gasteiger partial charge in [-0.15, -0.1) is 0 Å². The van der Waals surface area contributed by atoms with Crippen LogP contribution in [0.1, 0.15) is 16.7 Å². The number of benzene rings is 1. The molecule has 0 spiro atoms. The Morgan fingerprint density at radius 2 is 1.94 bits per heavy atom. The van der Waals surface area contributed by atoms with Crippen LogP contribution in [0.4, 0.5) is 0 Å². The first-order valence-corrected chi connectivity index (χ1v) is 5.38. The molecule has 0 N–H and O–H groups in total. The molecular formula is C14H15NO. The Morgan fingerprint density at radius 3 is 2.69 bits per heavy atom. The van der Waals surface area contributed by atoms with Crippen molar-refractivity contribution < 1.29 is 0 Å². The van der Waals surface area contributed by atoms with Gasteiger partial charge in [0.25, 0.3) is 5.56 Å². The first kappa shape index (κ1) is 10.7. The molecule has 0 saturated carbocycles. The molecule has 0 unspecified atom stereocenters. The molecule has 0 radical (unpaired) electrons. The minimum atomic E-state index is 0.0448. The fourth-order valence-corrected chi connectivity index (χ4v) is 1.75. The lowest BCUT2D eigenvalue weighted by molar-refractivity contribution is 0.754. The number of pyridine rings is 1. The Bertz CT molecular complexity index is 555. The highest BCUT2D eigenvalue weighted by Gasteiger charge is 2.00. The molecule has 0 amide bonds. The van der Waals surface area contributed by atoms with Crippen LogP contribution in [-0.2, 0) is 6.54 Å². The van der Waals surface area contributed by atoms with Crippen molar-refractivity contribution in [2.45, 2.75) is 20.4 Å². The molecule has 0 aliphatic rings. The number of rotatable bonds is 2. The minimum absolute atomic E-state index is 0.0448. The molecule has 0 aliphatic heterocycles. The monoisotopic (exact) mass is 213 g/mol. The molecular weight excluding hydrogens is 198 g/mol. The molecule has 2 aromatic rings. The van der Waals surface area contributed by atoms with E-state index < -0.39 is 0 Å². The zero-order valence-corrected chi connectivity index (χ0v) is 9.60. The average Bonchev–Trinajstić information content (AvgIpc) is 2.27. The maximum Gasteiger partial charge on any atom is 0.250 e. The van der Waals surface area contributed by atoms with Gasteiger partial charge in [-0.2, -0.15) is 0 Å². The number of hydrogen-bond donors (Lipinski definition) is 0. The summed E-state index contributed by atoms with van der Waals surface area (Å²) >= 11 is 0. The molecule has 2 nitrogen and oxygen atoms in total. The average molecular weight is 213 g/mol. The van der Waals surface area contributed by atoms with Crippen LogP contribution in [0.15, 0.2) is 47.4 Å². The number of aromatic nitrogens is 1. The summed E-state index contributed by atoms with van der Waals surface area (Å²) in [5.74, 6) is 0. The van der Waals surface area contributed by atoms with Gasteiger partial charge in [-0.1, -0.05) is 29.8 Å². The van der Waals surface area contributed by atoms with Crippen molar-refractivity contribution in [1.29, 1.82) is 0 Å². The summed E-state index contributed by atoms with van der Waals surface area (Å²) in [6.07, 6.45) is 1.82. The van der Waals surface area contributed by atoms with Crippen molar-refractivity contribution >= 4 is 0 Å². The fraction of sp³-hybridized carbons (Fsp3) is 0.214. The Morgan fingerprint density at radius 1 is 1.12 bits per heavy atom. The van der Waals surface area contributed by atoms with Gasteiger partial charge in [0, 0.05) is 12.3 Å². The lowest BCUT2D eigenvalue weighted by atomic mass is 10.1. The van der Waals surface area contributed by atoms with Crippen molar-refractivity contribution in [3.05, 3.63) is 69.6 Å². The van der Waals surface area contributed by atoms with Crippen LogP contribution >= 0.6 is 0 Å². The van der Waals surface area contributed by atoms with Crippen LogP contribution in [0.5, 0.6) is 0 Å². The summed E-state index contributed by atoms with van der Waals surface area (Å²) in [7, 11) is 0. The van der Waals surface area contributed by atoms with E-state index in [9.17, 15) is 4.79 Å². The summed E-state index contributed by atoms with van der Waals surface area (Å²) in [6, 6.07) is 11.6. The van der Waals surface area contributed by atoms with Gasteiger partial charge in [-0.05, 0) is 31.0 Å². The second-order valence-corrected chi connectivity index (χ2v) is 4.10. The molecule has 0 aliphatic carbocycles. The molecule has 0 bridgehead atoms. The zero-order chi connectivity index (χ0) is 11.5. The van der Waals surface area contributed by atoms with Gasteiger partial charge >= 0.3 is 0 Å². The maximum atomic E-state index is 11.6. The van der Waals surface area contributed by atoms with E-state index in [1.807, 2.05) is 12.3 Å². The van der Waals surface area contributed by atoms with E-state index in [-0.39, 0.29) is 5.56 Å². The summed E-state index contributed by atoms with van der Waals surface area (Å²) in [5.41, 5.74) is 3.70. The quantitative estimate of drug-likeness (QED) is 0.751. The maximum absolute atomic E-state index is 11.6. The van der Waals surface area contributed by atoms with Gasteiger partial charge in [0.1, 0.15) is 0 Å². The highest BCUT2D eigenvalue weighted by Crippen LogP contribution is 2.11. The van der Waals surface area contributed by atoms with E-state index >= 15 is 0 Å². The smallest absolute Gasteiger partial charge is 0.250 e. The summed E-state index contributed by atoms with van der Waals surface area (Å²) in [5, 5.41) is 0. The molecule has 0 atom stereocenters. The van der Waals surface area contributed by atoms with Crippen LogP contribution in [-0.4, -0.2) is 4.57 Å². The highest BCUT2D eigenvalue weighted by molar-refractivity contribution is 5.30. The van der Waals surface area contributed by atoms with Crippen LogP contribution < -0.4 is 5.56 Å². The van der Waals surface area contributed by atoms with Crippen LogP contribution in [0, 0.1) is 13.8 Å². The molecule has 1 aromatic carbocycles. The van der Waals surface area contributed by atoms with Gasteiger partial charge in [-0.25, -0.2) is 0 Å². The van der Waals surface area contributed by atoms with Gasteiger partial charge in [-0.3, -0.25) is 4.79 Å². The van der Waals surface area contributed by atoms with Crippen molar-refractivity contribution in [2.24, 2.45) is 0 Å². The second kappa shape index (κ2) is 4.35. The first-order chi connectivity index (χ1) is 7.66. The largest absolute Gasteiger partial charge is 0.311 e. The lowest BCUT2D eigenvalue weighted by Crippen LogP contribution is -2.18. The Kier molecular flexibility index (Phi) is 2.91. The summed E-state index contributed by atoms with van der Waals surface area (Å²) < 4.78 is 1.72. The topological polar surface area (TPSA) is 22.0 Å². The van der Waals surface area contributed by atoms with E-state index in [1.54, 1.807) is 16.7 Å². The lowest BCUT2D eigenvalue weighted by Gasteiger charge is -2.09. The van der Waals surface area contributed by atoms with Gasteiger partial charge < -0.3 is 4.57 Å². The van der Waals surface area contributed by atoms with Crippen molar-refractivity contribution in [2.75, 3.05) is 0 Å². The summed E-state index contributed by atoms with van der Waals surface area (Å²) in [4.78, 5) is 11.6. The van der Waals surface area contributed by atoms with E-state index in [1.165, 1.54) is 16.7 Å². The van der Waals surface area contributed by atoms with Crippen LogP contribution in [0.25, 0.3) is 0 Å². The number of aryl methyl sites for hydroxylation is 2. The zero-order valence-electron chi connectivity index (χ0n) is 9.60. The SMILES string of the molecule is Cc1ccc(C)c(Cn2ccccc2=O)c1. The Balaban J connectivity index is 2.38. The van der Waals surface area contributed by atoms with Crippen LogP contribution in [0.3, 0.4) is 0 Å². The fourth-order valence-electron chi connectivity index (χ4n) is 1.75. The molecule has 82 valence electrons. The predicted molar refractivity (Wildman–Crippen MR) is 65.7 cm³/mol. The third-order valence-electron chi connectivity index (χ3n) is 2.74. The van der Waals surface area contributed by atoms with Crippen molar-refractivity contribution in [1.82, 2.24) is 4.57 Å².